The van der Waals surface area contributed by atoms with Gasteiger partial charge in [0, 0.05) is 10.7 Å². The van der Waals surface area contributed by atoms with Crippen molar-refractivity contribution < 1.29 is 4.39 Å². The van der Waals surface area contributed by atoms with Gasteiger partial charge in [0.25, 0.3) is 0 Å². The van der Waals surface area contributed by atoms with Crippen LogP contribution in [0.1, 0.15) is 29.7 Å². The Balaban J connectivity index is 1.99. The summed E-state index contributed by atoms with van der Waals surface area (Å²) in [4.78, 5) is 4.51. The first-order chi connectivity index (χ1) is 10.2. The molecule has 106 valence electrons. The lowest BCUT2D eigenvalue weighted by molar-refractivity contribution is 0.631. The molecule has 0 spiro atoms. The Kier molecular flexibility index (Phi) is 3.76. The first-order valence-electron chi connectivity index (χ1n) is 6.82. The first-order valence-corrected chi connectivity index (χ1v) is 7.20. The minimum absolute atomic E-state index is 0.263. The van der Waals surface area contributed by atoms with Crippen LogP contribution in [0.4, 0.5) is 15.9 Å². The van der Waals surface area contributed by atoms with Crippen molar-refractivity contribution in [3.63, 3.8) is 0 Å². The van der Waals surface area contributed by atoms with E-state index in [0.717, 1.165) is 36.9 Å². The van der Waals surface area contributed by atoms with E-state index < -0.39 is 5.82 Å². The highest BCUT2D eigenvalue weighted by atomic mass is 35.5. The lowest BCUT2D eigenvalue weighted by atomic mass is 9.95. The number of rotatable bonds is 2. The van der Waals surface area contributed by atoms with Crippen LogP contribution in [0.15, 0.2) is 24.3 Å². The summed E-state index contributed by atoms with van der Waals surface area (Å²) in [7, 11) is 0. The topological polar surface area (TPSA) is 48.7 Å². The molecule has 0 aliphatic heterocycles. The Morgan fingerprint density at radius 2 is 2.05 bits per heavy atom. The van der Waals surface area contributed by atoms with E-state index in [1.165, 1.54) is 6.07 Å². The van der Waals surface area contributed by atoms with E-state index in [9.17, 15) is 9.65 Å². The average molecular weight is 302 g/mol. The number of hydrogen-bond acceptors (Lipinski definition) is 3. The summed E-state index contributed by atoms with van der Waals surface area (Å²) in [6.45, 7) is 0. The number of pyridine rings is 1. The van der Waals surface area contributed by atoms with Crippen LogP contribution in [0, 0.1) is 17.1 Å². The largest absolute Gasteiger partial charge is 0.337 e. The quantitative estimate of drug-likeness (QED) is 0.896. The maximum Gasteiger partial charge on any atom is 0.148 e. The third-order valence-electron chi connectivity index (χ3n) is 3.61. The van der Waals surface area contributed by atoms with Crippen molar-refractivity contribution in [2.75, 3.05) is 5.32 Å². The predicted octanol–water partition coefficient (Wildman–Crippen LogP) is 4.37. The smallest absolute Gasteiger partial charge is 0.148 e. The van der Waals surface area contributed by atoms with E-state index >= 15 is 0 Å². The van der Waals surface area contributed by atoms with Gasteiger partial charge in [0.15, 0.2) is 0 Å². The molecule has 3 rings (SSSR count). The Morgan fingerprint density at radius 1 is 1.24 bits per heavy atom. The standard InChI is InChI=1S/C16H13ClFN3/c17-12-5-6-15(13(18)8-12)21-16-11(9-19)7-10-3-1-2-4-14(10)20-16/h5-8H,1-4H2,(H,20,21). The Morgan fingerprint density at radius 3 is 2.81 bits per heavy atom. The molecule has 5 heteroatoms. The van der Waals surface area contributed by atoms with Gasteiger partial charge < -0.3 is 5.32 Å². The number of benzene rings is 1. The summed E-state index contributed by atoms with van der Waals surface area (Å²) in [5.74, 6) is -0.0646. The van der Waals surface area contributed by atoms with Crippen molar-refractivity contribution in [3.8, 4) is 6.07 Å². The SMILES string of the molecule is N#Cc1cc2c(nc1Nc1ccc(Cl)cc1F)CCCC2. The molecule has 1 N–H and O–H groups in total. The first kappa shape index (κ1) is 13.8. The van der Waals surface area contributed by atoms with Crippen LogP contribution in [-0.2, 0) is 12.8 Å². The summed E-state index contributed by atoms with van der Waals surface area (Å²) in [6, 6.07) is 8.35. The Hall–Kier alpha value is -2.12. The zero-order valence-corrected chi connectivity index (χ0v) is 12.0. The summed E-state index contributed by atoms with van der Waals surface area (Å²) < 4.78 is 13.9. The van der Waals surface area contributed by atoms with Crippen molar-refractivity contribution in [1.82, 2.24) is 4.98 Å². The molecule has 1 aromatic carbocycles. The monoisotopic (exact) mass is 301 g/mol. The van der Waals surface area contributed by atoms with E-state index in [0.29, 0.717) is 16.4 Å². The molecule has 1 heterocycles. The summed E-state index contributed by atoms with van der Waals surface area (Å²) in [5, 5.41) is 12.5. The zero-order valence-electron chi connectivity index (χ0n) is 11.3. The number of nitrogens with one attached hydrogen (secondary N) is 1. The van der Waals surface area contributed by atoms with E-state index in [1.807, 2.05) is 6.07 Å². The molecule has 0 fully saturated rings. The molecule has 0 unspecified atom stereocenters. The fraction of sp³-hybridized carbons (Fsp3) is 0.250. The number of aromatic nitrogens is 1. The maximum atomic E-state index is 13.9. The second kappa shape index (κ2) is 5.71. The van der Waals surface area contributed by atoms with Crippen molar-refractivity contribution in [3.05, 3.63) is 51.9 Å². The molecule has 1 aliphatic rings. The summed E-state index contributed by atoms with van der Waals surface area (Å²) >= 11 is 5.74. The number of aryl methyl sites for hydroxylation is 2. The number of nitriles is 1. The minimum atomic E-state index is -0.467. The highest BCUT2D eigenvalue weighted by molar-refractivity contribution is 6.30. The molecule has 0 radical (unpaired) electrons. The zero-order chi connectivity index (χ0) is 14.8. The van der Waals surface area contributed by atoms with E-state index in [2.05, 4.69) is 16.4 Å². The van der Waals surface area contributed by atoms with Gasteiger partial charge in [0.2, 0.25) is 0 Å². The van der Waals surface area contributed by atoms with Gasteiger partial charge in [-0.25, -0.2) is 9.37 Å². The van der Waals surface area contributed by atoms with Gasteiger partial charge in [-0.15, -0.1) is 0 Å². The molecule has 3 nitrogen and oxygen atoms in total. The summed E-state index contributed by atoms with van der Waals surface area (Å²) in [6.07, 6.45) is 4.07. The molecule has 2 aromatic rings. The molecule has 0 saturated carbocycles. The second-order valence-electron chi connectivity index (χ2n) is 5.06. The average Bonchev–Trinajstić information content (AvgIpc) is 2.49. The molecular weight excluding hydrogens is 289 g/mol. The van der Waals surface area contributed by atoms with Gasteiger partial charge in [-0.05, 0) is 55.5 Å². The van der Waals surface area contributed by atoms with Crippen LogP contribution in [0.3, 0.4) is 0 Å². The van der Waals surface area contributed by atoms with Crippen molar-refractivity contribution in [1.29, 1.82) is 5.26 Å². The molecular formula is C16H13ClFN3. The molecule has 1 aliphatic carbocycles. The molecule has 0 saturated heterocycles. The molecule has 0 atom stereocenters. The van der Waals surface area contributed by atoms with Crippen molar-refractivity contribution in [2.45, 2.75) is 25.7 Å². The third kappa shape index (κ3) is 2.84. The minimum Gasteiger partial charge on any atom is -0.337 e. The van der Waals surface area contributed by atoms with Gasteiger partial charge in [-0.1, -0.05) is 11.6 Å². The molecule has 21 heavy (non-hydrogen) atoms. The number of fused-ring (bicyclic) bond motifs is 1. The summed E-state index contributed by atoms with van der Waals surface area (Å²) in [5.41, 5.74) is 2.82. The van der Waals surface area contributed by atoms with Gasteiger partial charge in [-0.2, -0.15) is 5.26 Å². The lowest BCUT2D eigenvalue weighted by Crippen LogP contribution is -2.09. The number of hydrogen-bond donors (Lipinski definition) is 1. The van der Waals surface area contributed by atoms with Crippen LogP contribution < -0.4 is 5.32 Å². The van der Waals surface area contributed by atoms with Gasteiger partial charge in [-0.3, -0.25) is 0 Å². The van der Waals surface area contributed by atoms with E-state index in [-0.39, 0.29) is 5.69 Å². The third-order valence-corrected chi connectivity index (χ3v) is 3.84. The Labute approximate surface area is 127 Å². The van der Waals surface area contributed by atoms with Gasteiger partial charge >= 0.3 is 0 Å². The predicted molar refractivity (Wildman–Crippen MR) is 80.3 cm³/mol. The van der Waals surface area contributed by atoms with Crippen LogP contribution in [-0.4, -0.2) is 4.98 Å². The van der Waals surface area contributed by atoms with Crippen molar-refractivity contribution >= 4 is 23.1 Å². The van der Waals surface area contributed by atoms with Crippen LogP contribution in [0.5, 0.6) is 0 Å². The lowest BCUT2D eigenvalue weighted by Gasteiger charge is -2.17. The second-order valence-corrected chi connectivity index (χ2v) is 5.49. The van der Waals surface area contributed by atoms with Gasteiger partial charge in [0.1, 0.15) is 17.7 Å². The fourth-order valence-electron chi connectivity index (χ4n) is 2.53. The van der Waals surface area contributed by atoms with Crippen LogP contribution in [0.25, 0.3) is 0 Å². The molecule has 1 aromatic heterocycles. The van der Waals surface area contributed by atoms with Gasteiger partial charge in [0.05, 0.1) is 11.3 Å². The van der Waals surface area contributed by atoms with E-state index in [1.54, 1.807) is 12.1 Å². The highest BCUT2D eigenvalue weighted by Gasteiger charge is 2.16. The number of halogens is 2. The van der Waals surface area contributed by atoms with E-state index in [4.69, 9.17) is 11.6 Å². The van der Waals surface area contributed by atoms with Crippen LogP contribution >= 0.6 is 11.6 Å². The molecule has 0 bridgehead atoms. The number of nitrogens with zero attached hydrogens (tertiary/aromatic N) is 2. The maximum absolute atomic E-state index is 13.9. The van der Waals surface area contributed by atoms with Crippen LogP contribution in [0.2, 0.25) is 5.02 Å². The Bertz CT molecular complexity index is 737. The fourth-order valence-corrected chi connectivity index (χ4v) is 2.69. The van der Waals surface area contributed by atoms with Crippen molar-refractivity contribution in [2.24, 2.45) is 0 Å². The molecule has 0 amide bonds. The number of anilines is 2. The normalized spacial score (nSPS) is 13.4. The highest BCUT2D eigenvalue weighted by Crippen LogP contribution is 2.28.